The molecule has 0 spiro atoms. The van der Waals surface area contributed by atoms with E-state index in [1.54, 1.807) is 30.3 Å². The first-order valence-electron chi connectivity index (χ1n) is 7.10. The Morgan fingerprint density at radius 1 is 1.30 bits per heavy atom. The largest absolute Gasteiger partial charge is 0.451 e. The zero-order valence-corrected chi connectivity index (χ0v) is 13.7. The van der Waals surface area contributed by atoms with Gasteiger partial charge in [-0.15, -0.1) is 11.3 Å². The Hall–Kier alpha value is -2.65. The van der Waals surface area contributed by atoms with Crippen molar-refractivity contribution in [2.75, 3.05) is 11.9 Å². The van der Waals surface area contributed by atoms with E-state index >= 15 is 0 Å². The van der Waals surface area contributed by atoms with Gasteiger partial charge in [0.05, 0.1) is 11.6 Å². The summed E-state index contributed by atoms with van der Waals surface area (Å²) >= 11 is 1.37. The number of benzene rings is 1. The van der Waals surface area contributed by atoms with Crippen LogP contribution < -0.4 is 5.32 Å². The van der Waals surface area contributed by atoms with Crippen molar-refractivity contribution >= 4 is 28.9 Å². The van der Waals surface area contributed by atoms with E-state index in [4.69, 9.17) is 10.00 Å². The summed E-state index contributed by atoms with van der Waals surface area (Å²) in [6, 6.07) is 10.2. The van der Waals surface area contributed by atoms with Gasteiger partial charge in [-0.3, -0.25) is 4.79 Å². The van der Waals surface area contributed by atoms with Crippen LogP contribution in [-0.2, 0) is 16.0 Å². The van der Waals surface area contributed by atoms with Gasteiger partial charge in [0.1, 0.15) is 4.88 Å². The minimum Gasteiger partial charge on any atom is -0.451 e. The molecule has 5 nitrogen and oxygen atoms in total. The minimum absolute atomic E-state index is 0.350. The van der Waals surface area contributed by atoms with E-state index in [9.17, 15) is 9.59 Å². The Bertz CT molecular complexity index is 757. The first-order valence-corrected chi connectivity index (χ1v) is 7.91. The van der Waals surface area contributed by atoms with Gasteiger partial charge in [0.2, 0.25) is 0 Å². The standard InChI is InChI=1S/C17H16N2O3S/c1-3-13-8-15(23-11(13)2)17(21)22-10-16(20)19-14-6-4-12(9-18)5-7-14/h4-8H,3,10H2,1-2H3,(H,19,20). The Labute approximate surface area is 138 Å². The number of thiophene rings is 1. The molecule has 0 unspecified atom stereocenters. The van der Waals surface area contributed by atoms with Crippen LogP contribution in [0.5, 0.6) is 0 Å². The fourth-order valence-electron chi connectivity index (χ4n) is 2.00. The third-order valence-corrected chi connectivity index (χ3v) is 4.31. The summed E-state index contributed by atoms with van der Waals surface area (Å²) in [5.74, 6) is -0.917. The molecular weight excluding hydrogens is 312 g/mol. The molecule has 2 rings (SSSR count). The number of amides is 1. The number of ether oxygens (including phenoxy) is 1. The molecule has 0 aliphatic rings. The molecule has 118 valence electrons. The maximum atomic E-state index is 11.9. The van der Waals surface area contributed by atoms with Gasteiger partial charge >= 0.3 is 5.97 Å². The molecule has 0 saturated carbocycles. The van der Waals surface area contributed by atoms with E-state index in [2.05, 4.69) is 5.32 Å². The van der Waals surface area contributed by atoms with E-state index in [1.807, 2.05) is 19.9 Å². The number of nitrogens with one attached hydrogen (secondary N) is 1. The first kappa shape index (κ1) is 16.7. The monoisotopic (exact) mass is 328 g/mol. The zero-order chi connectivity index (χ0) is 16.8. The van der Waals surface area contributed by atoms with Gasteiger partial charge < -0.3 is 10.1 Å². The first-order chi connectivity index (χ1) is 11.0. The lowest BCUT2D eigenvalue weighted by Gasteiger charge is -2.05. The van der Waals surface area contributed by atoms with Crippen LogP contribution in [0.25, 0.3) is 0 Å². The number of esters is 1. The van der Waals surface area contributed by atoms with Crippen molar-refractivity contribution in [1.82, 2.24) is 0 Å². The van der Waals surface area contributed by atoms with Gasteiger partial charge in [0.25, 0.3) is 5.91 Å². The third kappa shape index (κ3) is 4.41. The molecule has 6 heteroatoms. The molecule has 1 aromatic carbocycles. The average Bonchev–Trinajstić information content (AvgIpc) is 2.94. The Morgan fingerprint density at radius 3 is 2.57 bits per heavy atom. The molecule has 0 fully saturated rings. The fourth-order valence-corrected chi connectivity index (χ4v) is 3.01. The molecule has 23 heavy (non-hydrogen) atoms. The topological polar surface area (TPSA) is 79.2 Å². The highest BCUT2D eigenvalue weighted by Crippen LogP contribution is 2.22. The normalized spacial score (nSPS) is 9.96. The third-order valence-electron chi connectivity index (χ3n) is 3.23. The van der Waals surface area contributed by atoms with E-state index in [1.165, 1.54) is 11.3 Å². The number of nitrogens with zero attached hydrogens (tertiary/aromatic N) is 1. The lowest BCUT2D eigenvalue weighted by atomic mass is 10.2. The Kier molecular flexibility index (Phi) is 5.50. The van der Waals surface area contributed by atoms with Gasteiger partial charge in [-0.2, -0.15) is 5.26 Å². The summed E-state index contributed by atoms with van der Waals surface area (Å²) in [5.41, 5.74) is 2.17. The number of nitriles is 1. The van der Waals surface area contributed by atoms with Crippen LogP contribution in [0.1, 0.15) is 32.6 Å². The molecule has 0 aliphatic carbocycles. The molecule has 0 saturated heterocycles. The van der Waals surface area contributed by atoms with Crippen LogP contribution in [0, 0.1) is 18.3 Å². The van der Waals surface area contributed by atoms with Crippen LogP contribution >= 0.6 is 11.3 Å². The van der Waals surface area contributed by atoms with Crippen LogP contribution in [0.2, 0.25) is 0 Å². The van der Waals surface area contributed by atoms with E-state index in [-0.39, 0.29) is 6.61 Å². The quantitative estimate of drug-likeness (QED) is 0.854. The number of rotatable bonds is 5. The molecule has 2 aromatic rings. The van der Waals surface area contributed by atoms with Crippen molar-refractivity contribution in [3.8, 4) is 6.07 Å². The lowest BCUT2D eigenvalue weighted by Crippen LogP contribution is -2.20. The van der Waals surface area contributed by atoms with Crippen LogP contribution in [-0.4, -0.2) is 18.5 Å². The van der Waals surface area contributed by atoms with Crippen molar-refractivity contribution in [3.05, 3.63) is 51.2 Å². The predicted molar refractivity (Wildman–Crippen MR) is 88.5 cm³/mol. The second kappa shape index (κ2) is 7.56. The number of hydrogen-bond acceptors (Lipinski definition) is 5. The highest BCUT2D eigenvalue weighted by atomic mass is 32.1. The van der Waals surface area contributed by atoms with E-state index in [0.717, 1.165) is 16.9 Å². The van der Waals surface area contributed by atoms with Gasteiger partial charge in [0.15, 0.2) is 6.61 Å². The molecule has 1 heterocycles. The second-order valence-electron chi connectivity index (χ2n) is 4.86. The second-order valence-corrected chi connectivity index (χ2v) is 6.12. The van der Waals surface area contributed by atoms with Gasteiger partial charge in [-0.05, 0) is 49.2 Å². The molecule has 0 aliphatic heterocycles. The maximum absolute atomic E-state index is 11.9. The summed E-state index contributed by atoms with van der Waals surface area (Å²) in [4.78, 5) is 25.3. The number of carbonyl (C=O) groups excluding carboxylic acids is 2. The van der Waals surface area contributed by atoms with Crippen molar-refractivity contribution < 1.29 is 14.3 Å². The molecule has 0 atom stereocenters. The van der Waals surface area contributed by atoms with Crippen LogP contribution in [0.15, 0.2) is 30.3 Å². The van der Waals surface area contributed by atoms with Crippen LogP contribution in [0.4, 0.5) is 5.69 Å². The summed E-state index contributed by atoms with van der Waals surface area (Å²) in [6.45, 7) is 3.63. The number of anilines is 1. The molecule has 1 amide bonds. The van der Waals surface area contributed by atoms with Crippen molar-refractivity contribution in [2.24, 2.45) is 0 Å². The molecule has 0 radical (unpaired) electrons. The summed E-state index contributed by atoms with van der Waals surface area (Å²) in [7, 11) is 0. The highest BCUT2D eigenvalue weighted by molar-refractivity contribution is 7.14. The maximum Gasteiger partial charge on any atom is 0.348 e. The molecule has 1 aromatic heterocycles. The average molecular weight is 328 g/mol. The van der Waals surface area contributed by atoms with E-state index in [0.29, 0.717) is 16.1 Å². The molecular formula is C17H16N2O3S. The van der Waals surface area contributed by atoms with Gasteiger partial charge in [-0.25, -0.2) is 4.79 Å². The Balaban J connectivity index is 1.88. The number of carbonyl (C=O) groups is 2. The minimum atomic E-state index is -0.493. The van der Waals surface area contributed by atoms with Crippen LogP contribution in [0.3, 0.4) is 0 Å². The summed E-state index contributed by atoms with van der Waals surface area (Å²) in [5, 5.41) is 11.3. The Morgan fingerprint density at radius 2 is 2.00 bits per heavy atom. The zero-order valence-electron chi connectivity index (χ0n) is 12.9. The van der Waals surface area contributed by atoms with Crippen molar-refractivity contribution in [3.63, 3.8) is 0 Å². The van der Waals surface area contributed by atoms with Crippen molar-refractivity contribution in [2.45, 2.75) is 20.3 Å². The summed E-state index contributed by atoms with van der Waals surface area (Å²) in [6.07, 6.45) is 0.856. The van der Waals surface area contributed by atoms with Gasteiger partial charge in [0, 0.05) is 10.6 Å². The molecule has 1 N–H and O–H groups in total. The lowest BCUT2D eigenvalue weighted by molar-refractivity contribution is -0.119. The predicted octanol–water partition coefficient (Wildman–Crippen LogP) is 3.29. The summed E-state index contributed by atoms with van der Waals surface area (Å²) < 4.78 is 5.03. The van der Waals surface area contributed by atoms with Gasteiger partial charge in [-0.1, -0.05) is 6.92 Å². The van der Waals surface area contributed by atoms with E-state index < -0.39 is 11.9 Å². The fraction of sp³-hybridized carbons (Fsp3) is 0.235. The van der Waals surface area contributed by atoms with Crippen molar-refractivity contribution in [1.29, 1.82) is 5.26 Å². The number of hydrogen-bond donors (Lipinski definition) is 1. The smallest absolute Gasteiger partial charge is 0.348 e. The highest BCUT2D eigenvalue weighted by Gasteiger charge is 2.14. The number of aryl methyl sites for hydroxylation is 2. The SMILES string of the molecule is CCc1cc(C(=O)OCC(=O)Nc2ccc(C#N)cc2)sc1C. The molecule has 0 bridgehead atoms.